The van der Waals surface area contributed by atoms with Crippen molar-refractivity contribution in [3.63, 3.8) is 0 Å². The fraction of sp³-hybridized carbons (Fsp3) is 0.556. The van der Waals surface area contributed by atoms with Crippen LogP contribution in [0.1, 0.15) is 32.0 Å². The zero-order valence-electron chi connectivity index (χ0n) is 7.83. The molecule has 0 atom stereocenters. The Hall–Kier alpha value is -0.640. The number of carbonyl (C=O) groups is 1. The van der Waals surface area contributed by atoms with E-state index >= 15 is 0 Å². The highest BCUT2D eigenvalue weighted by Crippen LogP contribution is 2.20. The second kappa shape index (κ2) is 4.56. The van der Waals surface area contributed by atoms with Gasteiger partial charge < -0.3 is 4.79 Å². The predicted molar refractivity (Wildman–Crippen MR) is 54.7 cm³/mol. The Morgan fingerprint density at radius 1 is 1.69 bits per heavy atom. The standard InChI is InChI=1S/C9H13BrN2O/c1-7(2)12-9(4-3-5-13)8(10)6-11-12/h5-7H,3-4H2,1-2H3. The van der Waals surface area contributed by atoms with Gasteiger partial charge in [0.2, 0.25) is 0 Å². The third kappa shape index (κ3) is 2.40. The van der Waals surface area contributed by atoms with Gasteiger partial charge in [0.25, 0.3) is 0 Å². The maximum absolute atomic E-state index is 10.2. The van der Waals surface area contributed by atoms with Gasteiger partial charge in [0.05, 0.1) is 16.4 Å². The number of nitrogens with zero attached hydrogens (tertiary/aromatic N) is 2. The first-order valence-corrected chi connectivity index (χ1v) is 5.11. The largest absolute Gasteiger partial charge is 0.303 e. The number of halogens is 1. The summed E-state index contributed by atoms with van der Waals surface area (Å²) >= 11 is 3.42. The molecule has 0 unspecified atom stereocenters. The highest BCUT2D eigenvalue weighted by molar-refractivity contribution is 9.10. The average molecular weight is 245 g/mol. The smallest absolute Gasteiger partial charge is 0.120 e. The molecule has 72 valence electrons. The monoisotopic (exact) mass is 244 g/mol. The van der Waals surface area contributed by atoms with E-state index in [-0.39, 0.29) is 0 Å². The number of carbonyl (C=O) groups excluding carboxylic acids is 1. The van der Waals surface area contributed by atoms with E-state index < -0.39 is 0 Å². The van der Waals surface area contributed by atoms with Gasteiger partial charge in [-0.2, -0.15) is 5.10 Å². The molecule has 0 fully saturated rings. The van der Waals surface area contributed by atoms with Crippen molar-refractivity contribution in [3.8, 4) is 0 Å². The van der Waals surface area contributed by atoms with Crippen LogP contribution in [0.4, 0.5) is 0 Å². The van der Waals surface area contributed by atoms with Crippen molar-refractivity contribution in [1.82, 2.24) is 9.78 Å². The van der Waals surface area contributed by atoms with Gasteiger partial charge in [0.15, 0.2) is 0 Å². The summed E-state index contributed by atoms with van der Waals surface area (Å²) in [6.45, 7) is 4.15. The van der Waals surface area contributed by atoms with Crippen molar-refractivity contribution in [3.05, 3.63) is 16.4 Å². The van der Waals surface area contributed by atoms with Crippen LogP contribution < -0.4 is 0 Å². The fourth-order valence-corrected chi connectivity index (χ4v) is 1.71. The molecule has 0 aliphatic rings. The van der Waals surface area contributed by atoms with E-state index in [9.17, 15) is 4.79 Å². The Morgan fingerprint density at radius 3 is 2.92 bits per heavy atom. The van der Waals surface area contributed by atoms with Crippen LogP contribution in [0, 0.1) is 0 Å². The number of aldehydes is 1. The van der Waals surface area contributed by atoms with Crippen LogP contribution in [0.3, 0.4) is 0 Å². The second-order valence-electron chi connectivity index (χ2n) is 3.18. The molecule has 0 spiro atoms. The molecule has 13 heavy (non-hydrogen) atoms. The number of hydrogen-bond donors (Lipinski definition) is 0. The van der Waals surface area contributed by atoms with Gasteiger partial charge in [-0.3, -0.25) is 4.68 Å². The van der Waals surface area contributed by atoms with Gasteiger partial charge in [-0.25, -0.2) is 0 Å². The summed E-state index contributed by atoms with van der Waals surface area (Å²) in [6, 6.07) is 0.341. The maximum Gasteiger partial charge on any atom is 0.120 e. The lowest BCUT2D eigenvalue weighted by atomic mass is 10.2. The van der Waals surface area contributed by atoms with Crippen LogP contribution in [0.15, 0.2) is 10.7 Å². The molecule has 1 heterocycles. The van der Waals surface area contributed by atoms with Crippen molar-refractivity contribution in [2.45, 2.75) is 32.7 Å². The lowest BCUT2D eigenvalue weighted by Gasteiger charge is -2.09. The maximum atomic E-state index is 10.2. The first-order valence-electron chi connectivity index (χ1n) is 4.32. The Kier molecular flexibility index (Phi) is 3.66. The van der Waals surface area contributed by atoms with Crippen LogP contribution in [0.25, 0.3) is 0 Å². The highest BCUT2D eigenvalue weighted by Gasteiger charge is 2.10. The summed E-state index contributed by atoms with van der Waals surface area (Å²) in [5.74, 6) is 0. The first kappa shape index (κ1) is 10.4. The number of aromatic nitrogens is 2. The molecule has 1 aromatic heterocycles. The molecule has 0 aromatic carbocycles. The van der Waals surface area contributed by atoms with Crippen molar-refractivity contribution >= 4 is 22.2 Å². The van der Waals surface area contributed by atoms with Crippen LogP contribution in [0.5, 0.6) is 0 Å². The van der Waals surface area contributed by atoms with Crippen LogP contribution in [-0.4, -0.2) is 16.1 Å². The molecule has 4 heteroatoms. The molecular weight excluding hydrogens is 232 g/mol. The Morgan fingerprint density at radius 2 is 2.38 bits per heavy atom. The third-order valence-electron chi connectivity index (χ3n) is 1.84. The quantitative estimate of drug-likeness (QED) is 0.763. The summed E-state index contributed by atoms with van der Waals surface area (Å²) in [7, 11) is 0. The van der Waals surface area contributed by atoms with E-state index in [1.807, 2.05) is 4.68 Å². The molecule has 0 aliphatic carbocycles. The Labute approximate surface area is 86.3 Å². The zero-order valence-corrected chi connectivity index (χ0v) is 9.41. The number of rotatable bonds is 4. The average Bonchev–Trinajstić information content (AvgIpc) is 2.43. The molecule has 3 nitrogen and oxygen atoms in total. The molecule has 0 radical (unpaired) electrons. The molecule has 0 N–H and O–H groups in total. The molecule has 0 saturated heterocycles. The predicted octanol–water partition coefficient (Wildman–Crippen LogP) is 2.36. The van der Waals surface area contributed by atoms with Crippen molar-refractivity contribution in [2.75, 3.05) is 0 Å². The topological polar surface area (TPSA) is 34.9 Å². The van der Waals surface area contributed by atoms with E-state index in [1.165, 1.54) is 0 Å². The van der Waals surface area contributed by atoms with E-state index in [1.54, 1.807) is 6.20 Å². The third-order valence-corrected chi connectivity index (χ3v) is 2.50. The summed E-state index contributed by atoms with van der Waals surface area (Å²) in [5, 5.41) is 4.22. The van der Waals surface area contributed by atoms with Gasteiger partial charge >= 0.3 is 0 Å². The zero-order chi connectivity index (χ0) is 9.84. The van der Waals surface area contributed by atoms with Gasteiger partial charge in [0, 0.05) is 12.5 Å². The van der Waals surface area contributed by atoms with Crippen molar-refractivity contribution in [2.24, 2.45) is 0 Å². The van der Waals surface area contributed by atoms with Crippen LogP contribution in [0.2, 0.25) is 0 Å². The van der Waals surface area contributed by atoms with Crippen molar-refractivity contribution < 1.29 is 4.79 Å². The van der Waals surface area contributed by atoms with E-state index in [0.717, 1.165) is 22.9 Å². The lowest BCUT2D eigenvalue weighted by Crippen LogP contribution is -2.07. The molecule has 1 aromatic rings. The van der Waals surface area contributed by atoms with Crippen LogP contribution in [-0.2, 0) is 11.2 Å². The first-order chi connectivity index (χ1) is 6.16. The van der Waals surface area contributed by atoms with Gasteiger partial charge in [-0.05, 0) is 36.2 Å². The molecule has 0 aliphatic heterocycles. The Balaban J connectivity index is 2.87. The van der Waals surface area contributed by atoms with E-state index in [2.05, 4.69) is 34.9 Å². The van der Waals surface area contributed by atoms with E-state index in [4.69, 9.17) is 0 Å². The van der Waals surface area contributed by atoms with Crippen molar-refractivity contribution in [1.29, 1.82) is 0 Å². The van der Waals surface area contributed by atoms with Crippen LogP contribution >= 0.6 is 15.9 Å². The Bertz CT molecular complexity index is 294. The summed E-state index contributed by atoms with van der Waals surface area (Å²) < 4.78 is 2.93. The molecule has 1 rings (SSSR count). The molecule has 0 amide bonds. The minimum atomic E-state index is 0.341. The minimum Gasteiger partial charge on any atom is -0.303 e. The summed E-state index contributed by atoms with van der Waals surface area (Å²) in [6.07, 6.45) is 4.02. The van der Waals surface area contributed by atoms with Gasteiger partial charge in [0.1, 0.15) is 6.29 Å². The lowest BCUT2D eigenvalue weighted by molar-refractivity contribution is -0.107. The van der Waals surface area contributed by atoms with E-state index in [0.29, 0.717) is 12.5 Å². The van der Waals surface area contributed by atoms with Gasteiger partial charge in [-0.1, -0.05) is 0 Å². The molecular formula is C9H13BrN2O. The summed E-state index contributed by atoms with van der Waals surface area (Å²) in [5.41, 5.74) is 1.10. The van der Waals surface area contributed by atoms with Gasteiger partial charge in [-0.15, -0.1) is 0 Å². The highest BCUT2D eigenvalue weighted by atomic mass is 79.9. The molecule has 0 bridgehead atoms. The summed E-state index contributed by atoms with van der Waals surface area (Å²) in [4.78, 5) is 10.2. The molecule has 0 saturated carbocycles. The fourth-order valence-electron chi connectivity index (χ4n) is 1.24. The second-order valence-corrected chi connectivity index (χ2v) is 4.04. The SMILES string of the molecule is CC(C)n1ncc(Br)c1CCC=O. The minimum absolute atomic E-state index is 0.341. The normalized spacial score (nSPS) is 10.8. The number of hydrogen-bond acceptors (Lipinski definition) is 2.